The number of nitro groups is 1. The van der Waals surface area contributed by atoms with Crippen molar-refractivity contribution in [1.29, 1.82) is 0 Å². The van der Waals surface area contributed by atoms with Crippen LogP contribution in [0.25, 0.3) is 0 Å². The molecule has 1 rings (SSSR count). The van der Waals surface area contributed by atoms with Gasteiger partial charge in [-0.1, -0.05) is 0 Å². The fourth-order valence-corrected chi connectivity index (χ4v) is 1.13. The van der Waals surface area contributed by atoms with Crippen molar-refractivity contribution in [3.8, 4) is 0 Å². The Kier molecular flexibility index (Phi) is 4.78. The fourth-order valence-electron chi connectivity index (χ4n) is 1.13. The van der Waals surface area contributed by atoms with Gasteiger partial charge in [0.05, 0.1) is 11.5 Å². The monoisotopic (exact) mass is 254 g/mol. The Labute approximate surface area is 103 Å². The first-order valence-electron chi connectivity index (χ1n) is 5.28. The first-order chi connectivity index (χ1) is 8.58. The predicted molar refractivity (Wildman–Crippen MR) is 65.4 cm³/mol. The van der Waals surface area contributed by atoms with Crippen molar-refractivity contribution in [2.75, 3.05) is 30.8 Å². The molecule has 0 spiro atoms. The van der Waals surface area contributed by atoms with Gasteiger partial charge in [0, 0.05) is 13.6 Å². The van der Waals surface area contributed by atoms with Crippen molar-refractivity contribution in [3.05, 3.63) is 16.3 Å². The van der Waals surface area contributed by atoms with Crippen LogP contribution in [0.4, 0.5) is 17.5 Å². The molecule has 0 saturated carbocycles. The van der Waals surface area contributed by atoms with Crippen LogP contribution in [-0.2, 0) is 4.79 Å². The maximum Gasteiger partial charge on any atom is 0.329 e. The molecule has 0 radical (unpaired) electrons. The number of rotatable bonds is 6. The second-order valence-electron chi connectivity index (χ2n) is 3.24. The molecule has 1 aromatic heterocycles. The summed E-state index contributed by atoms with van der Waals surface area (Å²) < 4.78 is 0. The largest absolute Gasteiger partial charge is 0.358 e. The van der Waals surface area contributed by atoms with Gasteiger partial charge in [-0.2, -0.15) is 4.98 Å². The highest BCUT2D eigenvalue weighted by Crippen LogP contribution is 2.21. The highest BCUT2D eigenvalue weighted by molar-refractivity contribution is 5.80. The van der Waals surface area contributed by atoms with Gasteiger partial charge >= 0.3 is 5.69 Å². The van der Waals surface area contributed by atoms with E-state index in [-0.39, 0.29) is 29.9 Å². The summed E-state index contributed by atoms with van der Waals surface area (Å²) in [5.41, 5.74) is -0.277. The van der Waals surface area contributed by atoms with E-state index in [1.54, 1.807) is 0 Å². The van der Waals surface area contributed by atoms with E-state index in [0.717, 1.165) is 6.20 Å². The van der Waals surface area contributed by atoms with Crippen molar-refractivity contribution in [2.45, 2.75) is 6.92 Å². The first-order valence-corrected chi connectivity index (χ1v) is 5.28. The first kappa shape index (κ1) is 13.6. The summed E-state index contributed by atoms with van der Waals surface area (Å²) >= 11 is 0. The van der Waals surface area contributed by atoms with E-state index < -0.39 is 4.92 Å². The van der Waals surface area contributed by atoms with Crippen LogP contribution in [0.5, 0.6) is 0 Å². The SMILES string of the molecule is CCNc1ncc([N+](=O)[O-])c(NCC(=O)NC)n1. The van der Waals surface area contributed by atoms with E-state index >= 15 is 0 Å². The number of nitrogens with zero attached hydrogens (tertiary/aromatic N) is 3. The molecule has 18 heavy (non-hydrogen) atoms. The Morgan fingerprint density at radius 2 is 2.22 bits per heavy atom. The number of likely N-dealkylation sites (N-methyl/N-ethyl adjacent to an activating group) is 1. The van der Waals surface area contributed by atoms with E-state index in [1.165, 1.54) is 7.05 Å². The zero-order valence-electron chi connectivity index (χ0n) is 10.1. The molecule has 0 aliphatic heterocycles. The van der Waals surface area contributed by atoms with Crippen molar-refractivity contribution in [2.24, 2.45) is 0 Å². The van der Waals surface area contributed by atoms with Crippen LogP contribution in [0.3, 0.4) is 0 Å². The summed E-state index contributed by atoms with van der Waals surface area (Å²) in [6.07, 6.45) is 1.09. The average Bonchev–Trinajstić information content (AvgIpc) is 2.36. The lowest BCUT2D eigenvalue weighted by Gasteiger charge is -2.07. The molecule has 1 amide bonds. The third kappa shape index (κ3) is 3.54. The molecule has 9 heteroatoms. The van der Waals surface area contributed by atoms with Crippen LogP contribution < -0.4 is 16.0 Å². The van der Waals surface area contributed by atoms with Gasteiger partial charge in [0.2, 0.25) is 17.7 Å². The standard InChI is InChI=1S/C9H14N6O3/c1-3-11-9-13-4-6(15(17)18)8(14-9)12-5-7(16)10-2/h4H,3,5H2,1-2H3,(H,10,16)(H2,11,12,13,14). The topological polar surface area (TPSA) is 122 Å². The smallest absolute Gasteiger partial charge is 0.329 e. The molecule has 0 atom stereocenters. The van der Waals surface area contributed by atoms with Crippen molar-refractivity contribution in [1.82, 2.24) is 15.3 Å². The predicted octanol–water partition coefficient (Wildman–Crippen LogP) is -0.0255. The summed E-state index contributed by atoms with van der Waals surface area (Å²) in [7, 11) is 1.47. The van der Waals surface area contributed by atoms with Crippen molar-refractivity contribution < 1.29 is 9.72 Å². The Bertz CT molecular complexity index is 450. The summed E-state index contributed by atoms with van der Waals surface area (Å²) in [6.45, 7) is 2.34. The minimum Gasteiger partial charge on any atom is -0.358 e. The van der Waals surface area contributed by atoms with E-state index in [1.807, 2.05) is 6.92 Å². The number of aromatic nitrogens is 2. The van der Waals surface area contributed by atoms with Gasteiger partial charge < -0.3 is 16.0 Å². The Balaban J connectivity index is 2.92. The van der Waals surface area contributed by atoms with E-state index in [4.69, 9.17) is 0 Å². The molecule has 0 bridgehead atoms. The van der Waals surface area contributed by atoms with Crippen LogP contribution in [0, 0.1) is 10.1 Å². The Morgan fingerprint density at radius 1 is 1.50 bits per heavy atom. The zero-order valence-corrected chi connectivity index (χ0v) is 10.1. The maximum atomic E-state index is 11.1. The lowest BCUT2D eigenvalue weighted by atomic mass is 10.4. The van der Waals surface area contributed by atoms with Crippen molar-refractivity contribution >= 4 is 23.4 Å². The number of hydrogen-bond donors (Lipinski definition) is 3. The molecular weight excluding hydrogens is 240 g/mol. The van der Waals surface area contributed by atoms with Crippen LogP contribution in [-0.4, -0.2) is 40.9 Å². The average molecular weight is 254 g/mol. The summed E-state index contributed by atoms with van der Waals surface area (Å²) in [6, 6.07) is 0. The highest BCUT2D eigenvalue weighted by Gasteiger charge is 2.17. The molecule has 0 fully saturated rings. The Morgan fingerprint density at radius 3 is 2.78 bits per heavy atom. The molecule has 9 nitrogen and oxygen atoms in total. The summed E-state index contributed by atoms with van der Waals surface area (Å²) in [4.78, 5) is 29.0. The van der Waals surface area contributed by atoms with Crippen molar-refractivity contribution in [3.63, 3.8) is 0 Å². The number of amides is 1. The molecule has 3 N–H and O–H groups in total. The van der Waals surface area contributed by atoms with Crippen LogP contribution in [0.2, 0.25) is 0 Å². The molecule has 1 heterocycles. The zero-order chi connectivity index (χ0) is 13.5. The number of nitrogens with one attached hydrogen (secondary N) is 3. The van der Waals surface area contributed by atoms with Gasteiger partial charge in [-0.05, 0) is 6.92 Å². The minimum absolute atomic E-state index is 0.00884. The normalized spacial score (nSPS) is 9.67. The summed E-state index contributed by atoms with van der Waals surface area (Å²) in [5.74, 6) is -0.0232. The van der Waals surface area contributed by atoms with Gasteiger partial charge in [-0.25, -0.2) is 4.98 Å². The van der Waals surface area contributed by atoms with E-state index in [9.17, 15) is 14.9 Å². The van der Waals surface area contributed by atoms with E-state index in [0.29, 0.717) is 6.54 Å². The molecule has 98 valence electrons. The molecule has 1 aromatic rings. The second kappa shape index (κ2) is 6.33. The van der Waals surface area contributed by atoms with Gasteiger partial charge in [-0.15, -0.1) is 0 Å². The van der Waals surface area contributed by atoms with Crippen LogP contribution in [0.1, 0.15) is 6.92 Å². The lowest BCUT2D eigenvalue weighted by Crippen LogP contribution is -2.26. The summed E-state index contributed by atoms with van der Waals surface area (Å²) in [5, 5.41) is 18.6. The molecule has 0 unspecified atom stereocenters. The molecule has 0 aromatic carbocycles. The third-order valence-electron chi connectivity index (χ3n) is 2.00. The molecule has 0 saturated heterocycles. The van der Waals surface area contributed by atoms with Gasteiger partial charge in [0.25, 0.3) is 0 Å². The fraction of sp³-hybridized carbons (Fsp3) is 0.444. The number of carbonyl (C=O) groups excluding carboxylic acids is 1. The van der Waals surface area contributed by atoms with Crippen LogP contribution in [0.15, 0.2) is 6.20 Å². The maximum absolute atomic E-state index is 11.1. The number of anilines is 2. The lowest BCUT2D eigenvalue weighted by molar-refractivity contribution is -0.384. The van der Waals surface area contributed by atoms with Gasteiger partial charge in [0.15, 0.2) is 0 Å². The quantitative estimate of drug-likeness (QED) is 0.481. The number of hydrogen-bond acceptors (Lipinski definition) is 7. The van der Waals surface area contributed by atoms with Gasteiger partial charge in [-0.3, -0.25) is 14.9 Å². The van der Waals surface area contributed by atoms with Crippen LogP contribution >= 0.6 is 0 Å². The molecule has 0 aliphatic carbocycles. The highest BCUT2D eigenvalue weighted by atomic mass is 16.6. The minimum atomic E-state index is -0.609. The molecular formula is C9H14N6O3. The number of carbonyl (C=O) groups is 1. The van der Waals surface area contributed by atoms with E-state index in [2.05, 4.69) is 25.9 Å². The second-order valence-corrected chi connectivity index (χ2v) is 3.24. The third-order valence-corrected chi connectivity index (χ3v) is 2.00. The molecule has 0 aliphatic rings. The van der Waals surface area contributed by atoms with Gasteiger partial charge in [0.1, 0.15) is 6.20 Å². The Hall–Kier alpha value is -2.45.